The Morgan fingerprint density at radius 1 is 0.292 bits per heavy atom. The lowest BCUT2D eigenvalue weighted by Gasteiger charge is -2.30. The molecule has 0 aliphatic carbocycles. The van der Waals surface area contributed by atoms with Crippen molar-refractivity contribution in [1.82, 2.24) is 0 Å². The molecule has 6 aromatic rings. The number of methoxy groups -OCH3 is 4. The van der Waals surface area contributed by atoms with Crippen LogP contribution in [0.5, 0.6) is 23.0 Å². The molecule has 0 aromatic heterocycles. The molecule has 48 heavy (non-hydrogen) atoms. The number of hydrogen-bond donors (Lipinski definition) is 0. The van der Waals surface area contributed by atoms with Crippen molar-refractivity contribution in [2.24, 2.45) is 0 Å². The van der Waals surface area contributed by atoms with Gasteiger partial charge in [0, 0.05) is 0 Å². The van der Waals surface area contributed by atoms with Crippen LogP contribution in [-0.2, 0) is 9.75 Å². The maximum Gasteiger partial charge on any atom is 0.119 e. The lowest BCUT2D eigenvalue weighted by atomic mass is 9.82. The molecule has 0 saturated heterocycles. The third kappa shape index (κ3) is 6.22. The van der Waals surface area contributed by atoms with Crippen molar-refractivity contribution < 1.29 is 18.9 Å². The quantitative estimate of drug-likeness (QED) is 0.101. The van der Waals surface area contributed by atoms with Gasteiger partial charge in [-0.2, -0.15) is 0 Å². The molecule has 0 fully saturated rings. The first kappa shape index (κ1) is 33.0. The highest BCUT2D eigenvalue weighted by Crippen LogP contribution is 2.46. The minimum absolute atomic E-state index is 0.770. The van der Waals surface area contributed by atoms with Crippen molar-refractivity contribution >= 4 is 23.2 Å². The lowest BCUT2D eigenvalue weighted by molar-refractivity contribution is 0.414. The monoisotopic (exact) mass is 674 g/mol. The van der Waals surface area contributed by atoms with Crippen molar-refractivity contribution in [2.45, 2.75) is 9.75 Å². The summed E-state index contributed by atoms with van der Waals surface area (Å²) in [6.45, 7) is 0. The van der Waals surface area contributed by atoms with Crippen molar-refractivity contribution in [3.05, 3.63) is 179 Å². The fourth-order valence-electron chi connectivity index (χ4n) is 6.07. The lowest BCUT2D eigenvalue weighted by Crippen LogP contribution is -2.22. The molecule has 4 nitrogen and oxygen atoms in total. The molecule has 0 atom stereocenters. The zero-order valence-electron chi connectivity index (χ0n) is 27.2. The second-order valence-electron chi connectivity index (χ2n) is 11.4. The van der Waals surface area contributed by atoms with E-state index >= 15 is 0 Å². The number of ether oxygens (including phenoxy) is 4. The molecule has 0 amide bonds. The zero-order chi connectivity index (χ0) is 33.7. The molecule has 0 N–H and O–H groups in total. The van der Waals surface area contributed by atoms with Gasteiger partial charge in [-0.05, 0) is 93.0 Å². The summed E-state index contributed by atoms with van der Waals surface area (Å²) in [6.07, 6.45) is 0. The van der Waals surface area contributed by atoms with Gasteiger partial charge in [0.15, 0.2) is 0 Å². The van der Waals surface area contributed by atoms with Crippen LogP contribution in [0.3, 0.4) is 0 Å². The Morgan fingerprint density at radius 3 is 0.625 bits per heavy atom. The third-order valence-corrected chi connectivity index (χ3v) is 10.2. The van der Waals surface area contributed by atoms with Crippen molar-refractivity contribution in [3.8, 4) is 34.1 Å². The highest BCUT2D eigenvalue weighted by Gasteiger charge is 2.36. The first-order chi connectivity index (χ1) is 23.3. The number of hydrogen-bond acceptors (Lipinski definition) is 4. The fraction of sp³-hybridized carbons (Fsp3) is 0.143. The zero-order valence-corrected chi connectivity index (χ0v) is 28.8. The summed E-state index contributed by atoms with van der Waals surface area (Å²) in [5.41, 5.74) is 7.74. The first-order valence-corrected chi connectivity index (χ1v) is 16.3. The first-order valence-electron chi connectivity index (χ1n) is 15.5. The Kier molecular flexibility index (Phi) is 9.68. The normalized spacial score (nSPS) is 11.5. The van der Waals surface area contributed by atoms with Crippen LogP contribution >= 0.6 is 23.2 Å². The standard InChI is InChI=1S/C42H36Cl2O4/c1-45-37-21-13-33(14-22-37)41(43,34-15-23-38(46-2)24-16-34)31-9-5-29(6-10-31)30-7-11-32(12-8-30)42(44,35-17-25-39(47-3)26-18-35)36-19-27-40(48-4)28-20-36/h5-28H,1-4H3. The number of halogens is 2. The average Bonchev–Trinajstić information content (AvgIpc) is 3.17. The maximum atomic E-state index is 7.62. The number of alkyl halides is 2. The van der Waals surface area contributed by atoms with Gasteiger partial charge in [0.1, 0.15) is 32.7 Å². The second kappa shape index (κ2) is 14.1. The summed E-state index contributed by atoms with van der Waals surface area (Å²) in [5, 5.41) is 0. The van der Waals surface area contributed by atoms with Crippen molar-refractivity contribution in [3.63, 3.8) is 0 Å². The van der Waals surface area contributed by atoms with Crippen LogP contribution in [-0.4, -0.2) is 28.4 Å². The van der Waals surface area contributed by atoms with Crippen LogP contribution in [0, 0.1) is 0 Å². The molecular formula is C42H36Cl2O4. The Hall–Kier alpha value is -4.90. The van der Waals surface area contributed by atoms with Gasteiger partial charge in [-0.3, -0.25) is 0 Å². The Labute approximate surface area is 292 Å². The van der Waals surface area contributed by atoms with Gasteiger partial charge >= 0.3 is 0 Å². The van der Waals surface area contributed by atoms with Crippen molar-refractivity contribution in [1.29, 1.82) is 0 Å². The molecule has 6 aromatic carbocycles. The van der Waals surface area contributed by atoms with E-state index in [9.17, 15) is 0 Å². The van der Waals surface area contributed by atoms with Gasteiger partial charge in [-0.15, -0.1) is 23.2 Å². The highest BCUT2D eigenvalue weighted by molar-refractivity contribution is 6.28. The van der Waals surface area contributed by atoms with Crippen LogP contribution in [0.15, 0.2) is 146 Å². The molecule has 0 spiro atoms. The smallest absolute Gasteiger partial charge is 0.119 e. The van der Waals surface area contributed by atoms with E-state index in [0.29, 0.717) is 0 Å². The van der Waals surface area contributed by atoms with Crippen LogP contribution in [0.1, 0.15) is 33.4 Å². The summed E-state index contributed by atoms with van der Waals surface area (Å²) in [6, 6.07) is 48.3. The molecule has 0 unspecified atom stereocenters. The summed E-state index contributed by atoms with van der Waals surface area (Å²) in [5.74, 6) is 3.08. The third-order valence-electron chi connectivity index (χ3n) is 8.85. The molecule has 242 valence electrons. The van der Waals surface area contributed by atoms with Gasteiger partial charge in [0.05, 0.1) is 28.4 Å². The van der Waals surface area contributed by atoms with E-state index in [1.807, 2.05) is 97.1 Å². The summed E-state index contributed by atoms with van der Waals surface area (Å²) in [4.78, 5) is -1.87. The van der Waals surface area contributed by atoms with Gasteiger partial charge in [0.25, 0.3) is 0 Å². The minimum atomic E-state index is -0.935. The van der Waals surface area contributed by atoms with E-state index in [2.05, 4.69) is 48.5 Å². The molecule has 0 aliphatic heterocycles. The number of benzene rings is 6. The molecule has 0 aliphatic rings. The minimum Gasteiger partial charge on any atom is -0.497 e. The van der Waals surface area contributed by atoms with E-state index in [0.717, 1.165) is 67.5 Å². The molecule has 0 bridgehead atoms. The number of rotatable bonds is 11. The molecule has 0 radical (unpaired) electrons. The predicted molar refractivity (Wildman–Crippen MR) is 195 cm³/mol. The summed E-state index contributed by atoms with van der Waals surface area (Å²) < 4.78 is 21.6. The Bertz CT molecular complexity index is 1690. The molecule has 0 saturated carbocycles. The second-order valence-corrected chi connectivity index (χ2v) is 12.5. The van der Waals surface area contributed by atoms with Crippen molar-refractivity contribution in [2.75, 3.05) is 28.4 Å². The highest BCUT2D eigenvalue weighted by atomic mass is 35.5. The molecular weight excluding hydrogens is 639 g/mol. The predicted octanol–water partition coefficient (Wildman–Crippen LogP) is 10.4. The van der Waals surface area contributed by atoms with E-state index in [1.165, 1.54) is 0 Å². The summed E-state index contributed by atoms with van der Waals surface area (Å²) >= 11 is 15.2. The summed E-state index contributed by atoms with van der Waals surface area (Å²) in [7, 11) is 6.62. The van der Waals surface area contributed by atoms with Crippen LogP contribution in [0.4, 0.5) is 0 Å². The maximum absolute atomic E-state index is 7.62. The van der Waals surface area contributed by atoms with E-state index in [-0.39, 0.29) is 0 Å². The van der Waals surface area contributed by atoms with Gasteiger partial charge < -0.3 is 18.9 Å². The molecule has 6 heteroatoms. The topological polar surface area (TPSA) is 36.9 Å². The van der Waals surface area contributed by atoms with E-state index in [1.54, 1.807) is 28.4 Å². The van der Waals surface area contributed by atoms with Crippen LogP contribution < -0.4 is 18.9 Å². The van der Waals surface area contributed by atoms with Crippen LogP contribution in [0.25, 0.3) is 11.1 Å². The van der Waals surface area contributed by atoms with E-state index < -0.39 is 9.75 Å². The van der Waals surface area contributed by atoms with Gasteiger partial charge in [0.2, 0.25) is 0 Å². The van der Waals surface area contributed by atoms with Crippen LogP contribution in [0.2, 0.25) is 0 Å². The Balaban J connectivity index is 1.36. The van der Waals surface area contributed by atoms with Gasteiger partial charge in [-0.1, -0.05) is 97.1 Å². The largest absolute Gasteiger partial charge is 0.497 e. The fourth-order valence-corrected chi connectivity index (χ4v) is 6.82. The Morgan fingerprint density at radius 2 is 0.458 bits per heavy atom. The molecule has 0 heterocycles. The van der Waals surface area contributed by atoms with Gasteiger partial charge in [-0.25, -0.2) is 0 Å². The average molecular weight is 676 g/mol. The van der Waals surface area contributed by atoms with E-state index in [4.69, 9.17) is 42.1 Å². The SMILES string of the molecule is COc1ccc(C(Cl)(c2ccc(OC)cc2)c2ccc(-c3ccc(C(Cl)(c4ccc(OC)cc4)c4ccc(OC)cc4)cc3)cc2)cc1. The molecule has 6 rings (SSSR count).